The highest BCUT2D eigenvalue weighted by molar-refractivity contribution is 8.14. The minimum atomic E-state index is 0.0981. The van der Waals surface area contributed by atoms with E-state index < -0.39 is 0 Å². The summed E-state index contributed by atoms with van der Waals surface area (Å²) >= 11 is 1.34. The quantitative estimate of drug-likeness (QED) is 0.704. The van der Waals surface area contributed by atoms with Crippen LogP contribution in [-0.2, 0) is 11.2 Å². The molecule has 0 aromatic heterocycles. The molecule has 0 radical (unpaired) electrons. The fourth-order valence-electron chi connectivity index (χ4n) is 1.03. The van der Waals surface area contributed by atoms with Gasteiger partial charge in [0.05, 0.1) is 0 Å². The van der Waals surface area contributed by atoms with Crippen LogP contribution in [0.25, 0.3) is 0 Å². The molecule has 0 aliphatic carbocycles. The van der Waals surface area contributed by atoms with Crippen molar-refractivity contribution in [1.29, 1.82) is 0 Å². The van der Waals surface area contributed by atoms with Gasteiger partial charge in [-0.2, -0.15) is 0 Å². The molecule has 0 amide bonds. The van der Waals surface area contributed by atoms with Crippen LogP contribution in [0.5, 0.6) is 0 Å². The number of carbonyl (C=O) groups is 1. The van der Waals surface area contributed by atoms with Gasteiger partial charge in [-0.3, -0.25) is 4.79 Å². The number of hydrogen-bond acceptors (Lipinski definition) is 2. The predicted molar refractivity (Wildman–Crippen MR) is 62.4 cm³/mol. The van der Waals surface area contributed by atoms with Crippen molar-refractivity contribution in [2.45, 2.75) is 13.3 Å². The Labute approximate surface area is 89.2 Å². The maximum atomic E-state index is 11.2. The lowest BCUT2D eigenvalue weighted by Gasteiger charge is -2.00. The third-order valence-electron chi connectivity index (χ3n) is 1.82. The SMILES string of the molecule is C=C(C)C(=O)SCCc1ccccc1. The molecule has 0 saturated carbocycles. The number of rotatable bonds is 4. The van der Waals surface area contributed by atoms with Gasteiger partial charge < -0.3 is 0 Å². The van der Waals surface area contributed by atoms with Crippen LogP contribution >= 0.6 is 11.8 Å². The molecular weight excluding hydrogens is 192 g/mol. The van der Waals surface area contributed by atoms with Gasteiger partial charge in [-0.15, -0.1) is 0 Å². The molecule has 1 nitrogen and oxygen atoms in total. The highest BCUT2D eigenvalue weighted by Gasteiger charge is 2.02. The van der Waals surface area contributed by atoms with Gasteiger partial charge in [0.25, 0.3) is 0 Å². The van der Waals surface area contributed by atoms with Crippen LogP contribution in [0.4, 0.5) is 0 Å². The number of benzene rings is 1. The van der Waals surface area contributed by atoms with E-state index in [0.29, 0.717) is 5.57 Å². The van der Waals surface area contributed by atoms with Gasteiger partial charge in [0.1, 0.15) is 0 Å². The van der Waals surface area contributed by atoms with Crippen molar-refractivity contribution >= 4 is 16.9 Å². The van der Waals surface area contributed by atoms with Crippen molar-refractivity contribution in [1.82, 2.24) is 0 Å². The fraction of sp³-hybridized carbons (Fsp3) is 0.250. The normalized spacial score (nSPS) is 9.79. The van der Waals surface area contributed by atoms with E-state index >= 15 is 0 Å². The van der Waals surface area contributed by atoms with Crippen LogP contribution in [0.2, 0.25) is 0 Å². The molecule has 0 atom stereocenters. The molecule has 0 aliphatic rings. The molecule has 74 valence electrons. The van der Waals surface area contributed by atoms with Gasteiger partial charge in [0.15, 0.2) is 0 Å². The second-order valence-corrected chi connectivity index (χ2v) is 4.22. The lowest BCUT2D eigenvalue weighted by molar-refractivity contribution is -0.107. The third kappa shape index (κ3) is 3.79. The highest BCUT2D eigenvalue weighted by Crippen LogP contribution is 2.11. The molecule has 0 heterocycles. The lowest BCUT2D eigenvalue weighted by Crippen LogP contribution is -1.96. The molecule has 2 heteroatoms. The molecule has 0 aliphatic heterocycles. The van der Waals surface area contributed by atoms with Crippen LogP contribution in [0, 0.1) is 0 Å². The maximum absolute atomic E-state index is 11.2. The zero-order chi connectivity index (χ0) is 10.4. The van der Waals surface area contributed by atoms with Gasteiger partial charge in [-0.1, -0.05) is 48.7 Å². The number of carbonyl (C=O) groups excluding carboxylic acids is 1. The predicted octanol–water partition coefficient (Wildman–Crippen LogP) is 3.07. The summed E-state index contributed by atoms with van der Waals surface area (Å²) in [6, 6.07) is 10.2. The Hall–Kier alpha value is -1.02. The zero-order valence-electron chi connectivity index (χ0n) is 8.32. The van der Waals surface area contributed by atoms with Crippen molar-refractivity contribution in [2.75, 3.05) is 5.75 Å². The first-order chi connectivity index (χ1) is 6.70. The molecule has 1 aromatic carbocycles. The Morgan fingerprint density at radius 1 is 1.36 bits per heavy atom. The minimum Gasteiger partial charge on any atom is -0.282 e. The summed E-state index contributed by atoms with van der Waals surface area (Å²) in [6.07, 6.45) is 0.935. The van der Waals surface area contributed by atoms with E-state index in [4.69, 9.17) is 0 Å². The Balaban J connectivity index is 2.29. The first-order valence-corrected chi connectivity index (χ1v) is 5.55. The average Bonchev–Trinajstić information content (AvgIpc) is 2.19. The average molecular weight is 206 g/mol. The molecule has 0 unspecified atom stereocenters. The molecule has 0 saturated heterocycles. The molecule has 0 fully saturated rings. The highest BCUT2D eigenvalue weighted by atomic mass is 32.2. The fourth-order valence-corrected chi connectivity index (χ4v) is 1.80. The van der Waals surface area contributed by atoms with E-state index in [9.17, 15) is 4.79 Å². The Morgan fingerprint density at radius 3 is 2.57 bits per heavy atom. The Bertz CT molecular complexity index is 316. The Morgan fingerprint density at radius 2 is 2.00 bits per heavy atom. The summed E-state index contributed by atoms with van der Waals surface area (Å²) in [6.45, 7) is 5.36. The standard InChI is InChI=1S/C12H14OS/c1-10(2)12(13)14-9-8-11-6-4-3-5-7-11/h3-7H,1,8-9H2,2H3. The van der Waals surface area contributed by atoms with Crippen LogP contribution in [0.3, 0.4) is 0 Å². The molecule has 1 rings (SSSR count). The molecule has 1 aromatic rings. The lowest BCUT2D eigenvalue weighted by atomic mass is 10.2. The van der Waals surface area contributed by atoms with E-state index in [2.05, 4.69) is 18.7 Å². The summed E-state index contributed by atoms with van der Waals surface area (Å²) in [5, 5.41) is 0.0981. The van der Waals surface area contributed by atoms with Gasteiger partial charge in [-0.25, -0.2) is 0 Å². The molecule has 0 spiro atoms. The number of aryl methyl sites for hydroxylation is 1. The first kappa shape index (κ1) is 11.1. The van der Waals surface area contributed by atoms with Crippen molar-refractivity contribution in [3.8, 4) is 0 Å². The van der Waals surface area contributed by atoms with E-state index in [1.54, 1.807) is 6.92 Å². The molecule has 0 N–H and O–H groups in total. The molecule has 14 heavy (non-hydrogen) atoms. The van der Waals surface area contributed by atoms with Crippen LogP contribution in [-0.4, -0.2) is 10.9 Å². The van der Waals surface area contributed by atoms with Crippen molar-refractivity contribution < 1.29 is 4.79 Å². The van der Waals surface area contributed by atoms with Gasteiger partial charge in [0.2, 0.25) is 5.12 Å². The number of thioether (sulfide) groups is 1. The van der Waals surface area contributed by atoms with Crippen molar-refractivity contribution in [3.05, 3.63) is 48.0 Å². The van der Waals surface area contributed by atoms with E-state index in [0.717, 1.165) is 12.2 Å². The van der Waals surface area contributed by atoms with E-state index in [1.165, 1.54) is 17.3 Å². The third-order valence-corrected chi connectivity index (χ3v) is 2.83. The first-order valence-electron chi connectivity index (χ1n) is 4.56. The van der Waals surface area contributed by atoms with E-state index in [-0.39, 0.29) is 5.12 Å². The smallest absolute Gasteiger partial charge is 0.214 e. The monoisotopic (exact) mass is 206 g/mol. The molecular formula is C12H14OS. The van der Waals surface area contributed by atoms with Gasteiger partial charge in [-0.05, 0) is 24.5 Å². The summed E-state index contributed by atoms with van der Waals surface area (Å²) in [5.74, 6) is 0.829. The van der Waals surface area contributed by atoms with Gasteiger partial charge in [0, 0.05) is 5.75 Å². The summed E-state index contributed by atoms with van der Waals surface area (Å²) in [5.41, 5.74) is 1.90. The van der Waals surface area contributed by atoms with Crippen molar-refractivity contribution in [2.24, 2.45) is 0 Å². The van der Waals surface area contributed by atoms with Crippen molar-refractivity contribution in [3.63, 3.8) is 0 Å². The minimum absolute atomic E-state index is 0.0981. The summed E-state index contributed by atoms with van der Waals surface area (Å²) in [4.78, 5) is 11.2. The second kappa shape index (κ2) is 5.66. The van der Waals surface area contributed by atoms with Crippen LogP contribution in [0.1, 0.15) is 12.5 Å². The van der Waals surface area contributed by atoms with Crippen LogP contribution in [0.15, 0.2) is 42.5 Å². The largest absolute Gasteiger partial charge is 0.282 e. The van der Waals surface area contributed by atoms with Gasteiger partial charge >= 0.3 is 0 Å². The summed E-state index contributed by atoms with van der Waals surface area (Å²) in [7, 11) is 0. The Kier molecular flexibility index (Phi) is 4.47. The van der Waals surface area contributed by atoms with Crippen LogP contribution < -0.4 is 0 Å². The molecule has 0 bridgehead atoms. The zero-order valence-corrected chi connectivity index (χ0v) is 9.14. The van der Waals surface area contributed by atoms with E-state index in [1.807, 2.05) is 18.2 Å². The second-order valence-electron chi connectivity index (χ2n) is 3.15. The maximum Gasteiger partial charge on any atom is 0.214 e. The topological polar surface area (TPSA) is 17.1 Å². The summed E-state index contributed by atoms with van der Waals surface area (Å²) < 4.78 is 0. The number of hydrogen-bond donors (Lipinski definition) is 0.